The Kier molecular flexibility index (Phi) is 9.33. The van der Waals surface area contributed by atoms with Gasteiger partial charge in [-0.3, -0.25) is 14.6 Å². The minimum Gasteiger partial charge on any atom is -0.492 e. The van der Waals surface area contributed by atoms with E-state index < -0.39 is 0 Å². The highest BCUT2D eigenvalue weighted by molar-refractivity contribution is 6.31. The number of carbonyl (C=O) groups is 2. The number of anilines is 1. The highest BCUT2D eigenvalue weighted by Crippen LogP contribution is 2.23. The number of rotatable bonds is 10. The number of pyridine rings is 1. The Morgan fingerprint density at radius 3 is 2.64 bits per heavy atom. The molecule has 2 amide bonds. The Bertz CT molecular complexity index is 920. The van der Waals surface area contributed by atoms with E-state index in [-0.39, 0.29) is 24.3 Å². The highest BCUT2D eigenvalue weighted by atomic mass is 35.5. The third-order valence-corrected chi connectivity index (χ3v) is 5.53. The first-order valence-corrected chi connectivity index (χ1v) is 11.6. The molecule has 2 heterocycles. The molecule has 0 atom stereocenters. The number of morpholine rings is 1. The van der Waals surface area contributed by atoms with Crippen LogP contribution in [-0.2, 0) is 9.53 Å². The highest BCUT2D eigenvalue weighted by Gasteiger charge is 2.23. The van der Waals surface area contributed by atoms with Crippen LogP contribution in [-0.4, -0.2) is 78.6 Å². The Morgan fingerprint density at radius 2 is 1.94 bits per heavy atom. The van der Waals surface area contributed by atoms with Crippen LogP contribution in [0, 0.1) is 0 Å². The number of nitrogens with zero attached hydrogens (tertiary/aromatic N) is 3. The molecule has 1 aromatic heterocycles. The molecule has 3 rings (SSSR count). The Hall–Kier alpha value is -2.84. The topological polar surface area (TPSA) is 84.0 Å². The van der Waals surface area contributed by atoms with Crippen molar-refractivity contribution in [3.05, 3.63) is 53.3 Å². The molecule has 0 radical (unpaired) electrons. The summed E-state index contributed by atoms with van der Waals surface area (Å²) in [6, 6.07) is 8.70. The van der Waals surface area contributed by atoms with E-state index in [9.17, 15) is 9.59 Å². The summed E-state index contributed by atoms with van der Waals surface area (Å²) < 4.78 is 11.1. The van der Waals surface area contributed by atoms with Gasteiger partial charge in [-0.2, -0.15) is 0 Å². The van der Waals surface area contributed by atoms with Crippen molar-refractivity contribution in [2.45, 2.75) is 26.3 Å². The molecule has 0 spiro atoms. The van der Waals surface area contributed by atoms with Crippen LogP contribution in [0.15, 0.2) is 42.7 Å². The number of hydrogen-bond donors (Lipinski definition) is 1. The summed E-state index contributed by atoms with van der Waals surface area (Å²) in [5.74, 6) is 0.381. The van der Waals surface area contributed by atoms with Gasteiger partial charge in [-0.1, -0.05) is 11.6 Å². The fourth-order valence-corrected chi connectivity index (χ4v) is 3.78. The van der Waals surface area contributed by atoms with Gasteiger partial charge >= 0.3 is 0 Å². The van der Waals surface area contributed by atoms with Gasteiger partial charge < -0.3 is 24.6 Å². The van der Waals surface area contributed by atoms with Gasteiger partial charge in [0, 0.05) is 67.3 Å². The van der Waals surface area contributed by atoms with E-state index in [1.807, 2.05) is 26.0 Å². The second kappa shape index (κ2) is 12.4. The molecule has 9 heteroatoms. The molecular formula is C24H31ClN4O4. The molecule has 0 saturated carbocycles. The molecule has 1 N–H and O–H groups in total. The zero-order valence-corrected chi connectivity index (χ0v) is 19.9. The first-order chi connectivity index (χ1) is 15.9. The quantitative estimate of drug-likeness (QED) is 0.532. The largest absolute Gasteiger partial charge is 0.492 e. The predicted octanol–water partition coefficient (Wildman–Crippen LogP) is 3.33. The maximum atomic E-state index is 13.2. The molecule has 2 aromatic rings. The number of aromatic nitrogens is 1. The van der Waals surface area contributed by atoms with Crippen molar-refractivity contribution < 1.29 is 19.1 Å². The van der Waals surface area contributed by atoms with Crippen LogP contribution < -0.4 is 10.1 Å². The average Bonchev–Trinajstić information content (AvgIpc) is 2.82. The molecule has 0 bridgehead atoms. The lowest BCUT2D eigenvalue weighted by Crippen LogP contribution is -2.44. The van der Waals surface area contributed by atoms with Crippen LogP contribution in [0.5, 0.6) is 5.75 Å². The van der Waals surface area contributed by atoms with Gasteiger partial charge in [0.05, 0.1) is 13.2 Å². The van der Waals surface area contributed by atoms with E-state index in [1.54, 1.807) is 40.4 Å². The molecule has 1 aliphatic rings. The molecule has 1 fully saturated rings. The fraction of sp³-hybridized carbons (Fsp3) is 0.458. The first kappa shape index (κ1) is 24.8. The second-order valence-electron chi connectivity index (χ2n) is 8.02. The summed E-state index contributed by atoms with van der Waals surface area (Å²) >= 11 is 6.27. The van der Waals surface area contributed by atoms with E-state index in [0.29, 0.717) is 62.3 Å². The number of nitrogens with one attached hydrogen (secondary N) is 1. The lowest BCUT2D eigenvalue weighted by atomic mass is 10.1. The van der Waals surface area contributed by atoms with Gasteiger partial charge in [0.25, 0.3) is 5.91 Å². The van der Waals surface area contributed by atoms with Crippen molar-refractivity contribution in [3.63, 3.8) is 0 Å². The molecule has 1 saturated heterocycles. The Labute approximate surface area is 199 Å². The Morgan fingerprint density at radius 1 is 1.21 bits per heavy atom. The van der Waals surface area contributed by atoms with E-state index >= 15 is 0 Å². The van der Waals surface area contributed by atoms with Gasteiger partial charge in [0.2, 0.25) is 5.91 Å². The maximum absolute atomic E-state index is 13.2. The van der Waals surface area contributed by atoms with Crippen LogP contribution in [0.25, 0.3) is 0 Å². The van der Waals surface area contributed by atoms with Crippen LogP contribution in [0.3, 0.4) is 0 Å². The number of amides is 2. The van der Waals surface area contributed by atoms with Crippen molar-refractivity contribution in [1.82, 2.24) is 14.8 Å². The molecule has 1 aliphatic heterocycles. The van der Waals surface area contributed by atoms with Gasteiger partial charge in [-0.05, 0) is 44.2 Å². The predicted molar refractivity (Wildman–Crippen MR) is 128 cm³/mol. The van der Waals surface area contributed by atoms with E-state index in [0.717, 1.165) is 5.69 Å². The third-order valence-electron chi connectivity index (χ3n) is 5.31. The normalized spacial score (nSPS) is 13.6. The Balaban J connectivity index is 1.57. The van der Waals surface area contributed by atoms with Crippen molar-refractivity contribution >= 4 is 29.1 Å². The van der Waals surface area contributed by atoms with Crippen molar-refractivity contribution in [2.75, 3.05) is 51.3 Å². The molecule has 178 valence electrons. The molecule has 0 aliphatic carbocycles. The van der Waals surface area contributed by atoms with Gasteiger partial charge in [-0.15, -0.1) is 0 Å². The minimum absolute atomic E-state index is 0.0357. The number of carbonyl (C=O) groups excluding carboxylic acids is 2. The smallest absolute Gasteiger partial charge is 0.254 e. The number of ether oxygens (including phenoxy) is 2. The van der Waals surface area contributed by atoms with Crippen LogP contribution in [0.4, 0.5) is 5.69 Å². The fourth-order valence-electron chi connectivity index (χ4n) is 3.55. The summed E-state index contributed by atoms with van der Waals surface area (Å²) in [4.78, 5) is 33.2. The van der Waals surface area contributed by atoms with Gasteiger partial charge in [0.15, 0.2) is 0 Å². The zero-order valence-electron chi connectivity index (χ0n) is 19.1. The summed E-state index contributed by atoms with van der Waals surface area (Å²) in [7, 11) is 0. The van der Waals surface area contributed by atoms with Crippen LogP contribution in [0.1, 0.15) is 30.6 Å². The van der Waals surface area contributed by atoms with Crippen molar-refractivity contribution in [1.29, 1.82) is 0 Å². The SMILES string of the molecule is CC(C)N(CCC(=O)N1CCOCC1)C(=O)c1cc(Cl)cc(OCCNc2ccncc2)c1. The number of benzene rings is 1. The van der Waals surface area contributed by atoms with Gasteiger partial charge in [0.1, 0.15) is 12.4 Å². The summed E-state index contributed by atoms with van der Waals surface area (Å²) in [6.45, 7) is 7.50. The third kappa shape index (κ3) is 7.61. The molecule has 0 unspecified atom stereocenters. The molecular weight excluding hydrogens is 444 g/mol. The standard InChI is InChI=1S/C24H31ClN4O4/c1-18(2)29(9-5-23(30)28-10-13-32-14-11-28)24(31)19-15-20(25)17-22(16-19)33-12-8-27-21-3-6-26-7-4-21/h3-4,6-7,15-18H,5,8-14H2,1-2H3,(H,26,27). The van der Waals surface area contributed by atoms with Crippen molar-refractivity contribution in [3.8, 4) is 5.75 Å². The second-order valence-corrected chi connectivity index (χ2v) is 8.46. The summed E-state index contributed by atoms with van der Waals surface area (Å²) in [6.07, 6.45) is 3.70. The monoisotopic (exact) mass is 474 g/mol. The van der Waals surface area contributed by atoms with Crippen molar-refractivity contribution in [2.24, 2.45) is 0 Å². The molecule has 1 aromatic carbocycles. The first-order valence-electron chi connectivity index (χ1n) is 11.2. The maximum Gasteiger partial charge on any atom is 0.254 e. The summed E-state index contributed by atoms with van der Waals surface area (Å²) in [5.41, 5.74) is 1.39. The van der Waals surface area contributed by atoms with E-state index in [4.69, 9.17) is 21.1 Å². The lowest BCUT2D eigenvalue weighted by Gasteiger charge is -2.30. The summed E-state index contributed by atoms with van der Waals surface area (Å²) in [5, 5.41) is 3.66. The number of hydrogen-bond acceptors (Lipinski definition) is 6. The average molecular weight is 475 g/mol. The van der Waals surface area contributed by atoms with Crippen LogP contribution >= 0.6 is 11.6 Å². The zero-order chi connectivity index (χ0) is 23.6. The molecule has 33 heavy (non-hydrogen) atoms. The van der Waals surface area contributed by atoms with Gasteiger partial charge in [-0.25, -0.2) is 0 Å². The number of halogens is 1. The van der Waals surface area contributed by atoms with E-state index in [2.05, 4.69) is 10.3 Å². The molecule has 8 nitrogen and oxygen atoms in total. The minimum atomic E-state index is -0.179. The van der Waals surface area contributed by atoms with E-state index in [1.165, 1.54) is 0 Å². The lowest BCUT2D eigenvalue weighted by molar-refractivity contribution is -0.135. The van der Waals surface area contributed by atoms with Crippen LogP contribution in [0.2, 0.25) is 5.02 Å².